The van der Waals surface area contributed by atoms with E-state index in [1.54, 1.807) is 0 Å². The van der Waals surface area contributed by atoms with Gasteiger partial charge in [-0.3, -0.25) is 4.99 Å². The van der Waals surface area contributed by atoms with Crippen LogP contribution < -0.4 is 0 Å². The molecule has 0 aliphatic carbocycles. The van der Waals surface area contributed by atoms with Crippen molar-refractivity contribution in [3.8, 4) is 0 Å². The SMILES string of the molecule is CC(C)N=C1CC=CN1C(C)(C)C. The highest BCUT2D eigenvalue weighted by Gasteiger charge is 2.25. The van der Waals surface area contributed by atoms with Gasteiger partial charge in [0.05, 0.1) is 0 Å². The fraction of sp³-hybridized carbons (Fsp3) is 0.727. The number of hydrogen-bond donors (Lipinski definition) is 0. The second-order valence-electron chi connectivity index (χ2n) is 4.77. The summed E-state index contributed by atoms with van der Waals surface area (Å²) >= 11 is 0. The Bertz CT molecular complexity index is 231. The Kier molecular flexibility index (Phi) is 2.79. The first-order valence-electron chi connectivity index (χ1n) is 4.94. The summed E-state index contributed by atoms with van der Waals surface area (Å²) in [5.41, 5.74) is 0.153. The van der Waals surface area contributed by atoms with Crippen LogP contribution in [0.2, 0.25) is 0 Å². The van der Waals surface area contributed by atoms with E-state index in [2.05, 4.69) is 56.8 Å². The first kappa shape index (κ1) is 10.3. The zero-order valence-electron chi connectivity index (χ0n) is 9.33. The molecule has 0 aromatic carbocycles. The van der Waals surface area contributed by atoms with Gasteiger partial charge in [0.2, 0.25) is 0 Å². The van der Waals surface area contributed by atoms with Crippen LogP contribution >= 0.6 is 0 Å². The van der Waals surface area contributed by atoms with Gasteiger partial charge in [-0.2, -0.15) is 0 Å². The molecule has 0 atom stereocenters. The molecule has 0 unspecified atom stereocenters. The summed E-state index contributed by atoms with van der Waals surface area (Å²) in [5, 5.41) is 0. The molecule has 0 spiro atoms. The summed E-state index contributed by atoms with van der Waals surface area (Å²) < 4.78 is 0. The molecule has 0 N–H and O–H groups in total. The second-order valence-corrected chi connectivity index (χ2v) is 4.77. The summed E-state index contributed by atoms with van der Waals surface area (Å²) in [6.07, 6.45) is 5.29. The van der Waals surface area contributed by atoms with Gasteiger partial charge in [-0.25, -0.2) is 0 Å². The number of aliphatic imine (C=N–C) groups is 1. The number of nitrogens with zero attached hydrogens (tertiary/aromatic N) is 2. The highest BCUT2D eigenvalue weighted by molar-refractivity contribution is 5.87. The Labute approximate surface area is 81.3 Å². The number of amidine groups is 1. The molecule has 0 aromatic heterocycles. The summed E-state index contributed by atoms with van der Waals surface area (Å²) in [6, 6.07) is 0.389. The van der Waals surface area contributed by atoms with E-state index in [1.807, 2.05) is 0 Å². The van der Waals surface area contributed by atoms with Crippen LogP contribution in [-0.2, 0) is 0 Å². The Hall–Kier alpha value is -0.790. The lowest BCUT2D eigenvalue weighted by atomic mass is 10.1. The molecule has 0 bridgehead atoms. The molecule has 1 aliphatic rings. The quantitative estimate of drug-likeness (QED) is 0.606. The smallest absolute Gasteiger partial charge is 0.107 e. The topological polar surface area (TPSA) is 15.6 Å². The minimum absolute atomic E-state index is 0.153. The van der Waals surface area contributed by atoms with Crippen LogP contribution in [-0.4, -0.2) is 22.3 Å². The standard InChI is InChI=1S/C11H20N2/c1-9(2)12-10-7-6-8-13(10)11(3,4)5/h6,8-9H,7H2,1-5H3. The molecule has 0 radical (unpaired) electrons. The maximum absolute atomic E-state index is 4.60. The van der Waals surface area contributed by atoms with E-state index in [0.29, 0.717) is 6.04 Å². The third kappa shape index (κ3) is 2.58. The monoisotopic (exact) mass is 180 g/mol. The van der Waals surface area contributed by atoms with Gasteiger partial charge in [0.25, 0.3) is 0 Å². The first-order valence-corrected chi connectivity index (χ1v) is 4.94. The van der Waals surface area contributed by atoms with Crippen molar-refractivity contribution in [2.24, 2.45) is 4.99 Å². The van der Waals surface area contributed by atoms with Crippen molar-refractivity contribution in [1.82, 2.24) is 4.90 Å². The Morgan fingerprint density at radius 3 is 2.46 bits per heavy atom. The average molecular weight is 180 g/mol. The lowest BCUT2D eigenvalue weighted by Gasteiger charge is -2.32. The van der Waals surface area contributed by atoms with Gasteiger partial charge in [-0.15, -0.1) is 0 Å². The molecule has 74 valence electrons. The van der Waals surface area contributed by atoms with Gasteiger partial charge in [-0.1, -0.05) is 6.08 Å². The highest BCUT2D eigenvalue weighted by atomic mass is 15.2. The minimum atomic E-state index is 0.153. The lowest BCUT2D eigenvalue weighted by Crippen LogP contribution is -2.39. The van der Waals surface area contributed by atoms with Crippen molar-refractivity contribution in [3.63, 3.8) is 0 Å². The molecule has 1 rings (SSSR count). The predicted octanol–water partition coefficient (Wildman–Crippen LogP) is 2.81. The summed E-state index contributed by atoms with van der Waals surface area (Å²) in [4.78, 5) is 6.86. The first-order chi connectivity index (χ1) is 5.91. The van der Waals surface area contributed by atoms with Crippen LogP contribution in [0.25, 0.3) is 0 Å². The van der Waals surface area contributed by atoms with E-state index in [9.17, 15) is 0 Å². The lowest BCUT2D eigenvalue weighted by molar-refractivity contribution is 0.314. The predicted molar refractivity (Wildman–Crippen MR) is 57.9 cm³/mol. The average Bonchev–Trinajstić information content (AvgIpc) is 2.31. The van der Waals surface area contributed by atoms with Crippen LogP contribution in [0.15, 0.2) is 17.3 Å². The zero-order valence-corrected chi connectivity index (χ0v) is 9.33. The molecule has 1 heterocycles. The van der Waals surface area contributed by atoms with Gasteiger partial charge >= 0.3 is 0 Å². The maximum atomic E-state index is 4.60. The minimum Gasteiger partial charge on any atom is -0.332 e. The second kappa shape index (κ2) is 3.52. The van der Waals surface area contributed by atoms with E-state index in [4.69, 9.17) is 0 Å². The number of rotatable bonds is 1. The third-order valence-electron chi connectivity index (χ3n) is 1.96. The van der Waals surface area contributed by atoms with Crippen LogP contribution in [0.4, 0.5) is 0 Å². The molecular formula is C11H20N2. The van der Waals surface area contributed by atoms with E-state index in [0.717, 1.165) is 6.42 Å². The van der Waals surface area contributed by atoms with Gasteiger partial charge in [-0.05, 0) is 34.6 Å². The molecule has 0 amide bonds. The Morgan fingerprint density at radius 1 is 1.38 bits per heavy atom. The van der Waals surface area contributed by atoms with Gasteiger partial charge in [0.1, 0.15) is 5.84 Å². The van der Waals surface area contributed by atoms with Crippen molar-refractivity contribution in [2.45, 2.75) is 52.6 Å². The summed E-state index contributed by atoms with van der Waals surface area (Å²) in [5.74, 6) is 1.20. The molecule has 1 aliphatic heterocycles. The number of hydrogen-bond acceptors (Lipinski definition) is 1. The van der Waals surface area contributed by atoms with E-state index in [1.165, 1.54) is 5.84 Å². The Morgan fingerprint density at radius 2 is 2.00 bits per heavy atom. The summed E-state index contributed by atoms with van der Waals surface area (Å²) in [6.45, 7) is 10.9. The molecule has 13 heavy (non-hydrogen) atoms. The Balaban J connectivity index is 2.80. The largest absolute Gasteiger partial charge is 0.332 e. The van der Waals surface area contributed by atoms with Crippen LogP contribution in [0, 0.1) is 0 Å². The fourth-order valence-electron chi connectivity index (χ4n) is 1.47. The normalized spacial score (nSPS) is 20.8. The van der Waals surface area contributed by atoms with Gasteiger partial charge < -0.3 is 4.90 Å². The molecular weight excluding hydrogens is 160 g/mol. The van der Waals surface area contributed by atoms with E-state index >= 15 is 0 Å². The third-order valence-corrected chi connectivity index (χ3v) is 1.96. The van der Waals surface area contributed by atoms with E-state index in [-0.39, 0.29) is 5.54 Å². The van der Waals surface area contributed by atoms with Crippen LogP contribution in [0.1, 0.15) is 41.0 Å². The fourth-order valence-corrected chi connectivity index (χ4v) is 1.47. The van der Waals surface area contributed by atoms with Crippen LogP contribution in [0.3, 0.4) is 0 Å². The van der Waals surface area contributed by atoms with Gasteiger partial charge in [0.15, 0.2) is 0 Å². The molecule has 0 fully saturated rings. The van der Waals surface area contributed by atoms with Crippen molar-refractivity contribution < 1.29 is 0 Å². The van der Waals surface area contributed by atoms with Gasteiger partial charge in [0, 0.05) is 24.2 Å². The molecule has 0 aromatic rings. The van der Waals surface area contributed by atoms with Crippen molar-refractivity contribution >= 4 is 5.84 Å². The molecule has 0 saturated carbocycles. The molecule has 2 heteroatoms. The molecule has 2 nitrogen and oxygen atoms in total. The summed E-state index contributed by atoms with van der Waals surface area (Å²) in [7, 11) is 0. The van der Waals surface area contributed by atoms with E-state index < -0.39 is 0 Å². The van der Waals surface area contributed by atoms with Crippen LogP contribution in [0.5, 0.6) is 0 Å². The highest BCUT2D eigenvalue weighted by Crippen LogP contribution is 2.21. The zero-order chi connectivity index (χ0) is 10.1. The van der Waals surface area contributed by atoms with Crippen molar-refractivity contribution in [3.05, 3.63) is 12.3 Å². The molecule has 0 saturated heterocycles. The maximum Gasteiger partial charge on any atom is 0.107 e. The van der Waals surface area contributed by atoms with Crippen molar-refractivity contribution in [2.75, 3.05) is 0 Å². The van der Waals surface area contributed by atoms with Crippen molar-refractivity contribution in [1.29, 1.82) is 0 Å².